The lowest BCUT2D eigenvalue weighted by atomic mass is 10.1. The van der Waals surface area contributed by atoms with Crippen LogP contribution in [0.4, 0.5) is 5.69 Å². The molecule has 0 fully saturated rings. The second-order valence-electron chi connectivity index (χ2n) is 9.14. The second kappa shape index (κ2) is 10.9. The zero-order valence-corrected chi connectivity index (χ0v) is 24.6. The molecule has 0 bridgehead atoms. The summed E-state index contributed by atoms with van der Waals surface area (Å²) >= 11 is 6.38. The number of carbonyl (C=O) groups excluding carboxylic acids is 1. The average molecular weight is 585 g/mol. The molecule has 2 heterocycles. The fraction of sp³-hybridized carbons (Fsp3) is 0.321. The van der Waals surface area contributed by atoms with E-state index in [2.05, 4.69) is 35.1 Å². The minimum Gasteiger partial charge on any atom is -0.325 e. The molecule has 0 radical (unpaired) electrons. The number of rotatable bonds is 7. The smallest absolute Gasteiger partial charge is 0.267 e. The maximum atomic E-state index is 13.9. The predicted octanol–water partition coefficient (Wildman–Crippen LogP) is 7.44. The summed E-state index contributed by atoms with van der Waals surface area (Å²) in [5.41, 5.74) is 6.76. The topological polar surface area (TPSA) is 64.0 Å². The number of benzene rings is 2. The largest absolute Gasteiger partial charge is 0.325 e. The van der Waals surface area contributed by atoms with Gasteiger partial charge in [-0.15, -0.1) is 11.3 Å². The molecule has 0 saturated carbocycles. The number of carbonyl (C=O) groups is 1. The molecule has 2 aromatic heterocycles. The number of nitrogens with one attached hydrogen (secondary N) is 1. The van der Waals surface area contributed by atoms with Crippen molar-refractivity contribution < 1.29 is 4.79 Å². The summed E-state index contributed by atoms with van der Waals surface area (Å²) in [7, 11) is 0. The first-order valence-electron chi connectivity index (χ1n) is 11.9. The van der Waals surface area contributed by atoms with Crippen LogP contribution in [0.25, 0.3) is 15.9 Å². The lowest BCUT2D eigenvalue weighted by Crippen LogP contribution is -2.23. The highest BCUT2D eigenvalue weighted by Crippen LogP contribution is 2.32. The first kappa shape index (κ1) is 26.6. The van der Waals surface area contributed by atoms with Crippen LogP contribution >= 0.6 is 39.0 Å². The van der Waals surface area contributed by atoms with Gasteiger partial charge >= 0.3 is 0 Å². The standard InChI is InChI=1S/C28H30BrN3O2S2/c1-7-8-22-19(6)24-26(36-22)31-28(32(27(24)34)21-10-9-15(2)16(3)13-21)35-14-23(33)30-25-17(4)11-20(29)12-18(25)5/h9-13H,7-8,14H2,1-6H3,(H,30,33). The van der Waals surface area contributed by atoms with E-state index < -0.39 is 0 Å². The Hall–Kier alpha value is -2.42. The van der Waals surface area contributed by atoms with Crippen LogP contribution in [-0.2, 0) is 11.2 Å². The summed E-state index contributed by atoms with van der Waals surface area (Å²) in [5.74, 6) is 0.00715. The van der Waals surface area contributed by atoms with Crippen molar-refractivity contribution >= 4 is 60.8 Å². The number of halogens is 1. The van der Waals surface area contributed by atoms with Crippen LogP contribution in [0.1, 0.15) is 46.0 Å². The van der Waals surface area contributed by atoms with Gasteiger partial charge in [-0.1, -0.05) is 47.1 Å². The van der Waals surface area contributed by atoms with E-state index in [1.807, 2.05) is 58.0 Å². The highest BCUT2D eigenvalue weighted by atomic mass is 79.9. The molecule has 5 nitrogen and oxygen atoms in total. The van der Waals surface area contributed by atoms with Crippen molar-refractivity contribution in [2.24, 2.45) is 0 Å². The summed E-state index contributed by atoms with van der Waals surface area (Å²) in [6.07, 6.45) is 1.93. The molecule has 188 valence electrons. The molecule has 0 unspecified atom stereocenters. The van der Waals surface area contributed by atoms with Gasteiger partial charge in [0.1, 0.15) is 4.83 Å². The van der Waals surface area contributed by atoms with E-state index in [9.17, 15) is 9.59 Å². The number of anilines is 1. The molecule has 0 spiro atoms. The molecule has 2 aromatic carbocycles. The van der Waals surface area contributed by atoms with Crippen LogP contribution in [0.15, 0.2) is 44.8 Å². The molecule has 0 atom stereocenters. The van der Waals surface area contributed by atoms with Gasteiger partial charge in [-0.05, 0) is 93.1 Å². The summed E-state index contributed by atoms with van der Waals surface area (Å²) in [4.78, 5) is 33.7. The van der Waals surface area contributed by atoms with E-state index in [1.165, 1.54) is 16.6 Å². The minimum absolute atomic E-state index is 0.0816. The average Bonchev–Trinajstić information content (AvgIpc) is 3.12. The van der Waals surface area contributed by atoms with Crippen molar-refractivity contribution in [2.75, 3.05) is 11.1 Å². The lowest BCUT2D eigenvalue weighted by Gasteiger charge is -2.15. The Balaban J connectivity index is 1.74. The number of thiophene rings is 1. The number of aryl methyl sites for hydroxylation is 6. The van der Waals surface area contributed by atoms with Crippen molar-refractivity contribution in [2.45, 2.75) is 59.5 Å². The Morgan fingerprint density at radius 3 is 2.39 bits per heavy atom. The molecule has 4 rings (SSSR count). The Labute approximate surface area is 228 Å². The van der Waals surface area contributed by atoms with Gasteiger partial charge in [0.2, 0.25) is 5.91 Å². The molecule has 1 amide bonds. The Morgan fingerprint density at radius 1 is 1.06 bits per heavy atom. The molecule has 0 saturated heterocycles. The molecule has 0 aliphatic rings. The van der Waals surface area contributed by atoms with E-state index in [0.29, 0.717) is 10.5 Å². The van der Waals surface area contributed by atoms with Crippen molar-refractivity contribution in [1.29, 1.82) is 0 Å². The molecule has 36 heavy (non-hydrogen) atoms. The Kier molecular flexibility index (Phi) is 8.07. The first-order valence-corrected chi connectivity index (χ1v) is 14.5. The van der Waals surface area contributed by atoms with Gasteiger partial charge in [-0.3, -0.25) is 14.2 Å². The highest BCUT2D eigenvalue weighted by molar-refractivity contribution is 9.10. The van der Waals surface area contributed by atoms with E-state index in [0.717, 1.165) is 61.3 Å². The van der Waals surface area contributed by atoms with Crippen molar-refractivity contribution in [3.05, 3.63) is 77.9 Å². The third-order valence-corrected chi connectivity index (χ3v) is 8.99. The number of nitrogens with zero attached hydrogens (tertiary/aromatic N) is 2. The van der Waals surface area contributed by atoms with Crippen LogP contribution in [-0.4, -0.2) is 21.2 Å². The molecule has 0 aliphatic heterocycles. The zero-order chi connectivity index (χ0) is 26.1. The van der Waals surface area contributed by atoms with Crippen LogP contribution in [0.5, 0.6) is 0 Å². The highest BCUT2D eigenvalue weighted by Gasteiger charge is 2.20. The SMILES string of the molecule is CCCc1sc2nc(SCC(=O)Nc3c(C)cc(Br)cc3C)n(-c3ccc(C)c(C)c3)c(=O)c2c1C. The fourth-order valence-electron chi connectivity index (χ4n) is 4.28. The Bertz CT molecular complexity index is 1520. The van der Waals surface area contributed by atoms with Gasteiger partial charge in [0, 0.05) is 15.0 Å². The van der Waals surface area contributed by atoms with Gasteiger partial charge < -0.3 is 5.32 Å². The van der Waals surface area contributed by atoms with E-state index >= 15 is 0 Å². The number of hydrogen-bond donors (Lipinski definition) is 1. The van der Waals surface area contributed by atoms with E-state index in [-0.39, 0.29) is 17.2 Å². The third kappa shape index (κ3) is 5.31. The number of fused-ring (bicyclic) bond motifs is 1. The number of thioether (sulfide) groups is 1. The minimum atomic E-state index is -0.136. The number of amides is 1. The maximum absolute atomic E-state index is 13.9. The van der Waals surface area contributed by atoms with Crippen LogP contribution in [0, 0.1) is 34.6 Å². The molecule has 1 N–H and O–H groups in total. The van der Waals surface area contributed by atoms with Crippen molar-refractivity contribution in [3.8, 4) is 5.69 Å². The van der Waals surface area contributed by atoms with Gasteiger partial charge in [0.15, 0.2) is 5.16 Å². The summed E-state index contributed by atoms with van der Waals surface area (Å²) in [5, 5.41) is 4.25. The fourth-order valence-corrected chi connectivity index (χ4v) is 7.10. The molecular weight excluding hydrogens is 554 g/mol. The van der Waals surface area contributed by atoms with Gasteiger partial charge in [-0.25, -0.2) is 4.98 Å². The quantitative estimate of drug-likeness (QED) is 0.181. The van der Waals surface area contributed by atoms with Crippen molar-refractivity contribution in [1.82, 2.24) is 9.55 Å². The summed E-state index contributed by atoms with van der Waals surface area (Å²) < 4.78 is 2.65. The van der Waals surface area contributed by atoms with E-state index in [1.54, 1.807) is 15.9 Å². The van der Waals surface area contributed by atoms with Gasteiger partial charge in [0.25, 0.3) is 5.56 Å². The zero-order valence-electron chi connectivity index (χ0n) is 21.4. The number of hydrogen-bond acceptors (Lipinski definition) is 5. The van der Waals surface area contributed by atoms with Crippen LogP contribution in [0.2, 0.25) is 0 Å². The van der Waals surface area contributed by atoms with Gasteiger partial charge in [-0.2, -0.15) is 0 Å². The van der Waals surface area contributed by atoms with Gasteiger partial charge in [0.05, 0.1) is 16.8 Å². The third-order valence-electron chi connectivity index (χ3n) is 6.35. The van der Waals surface area contributed by atoms with Crippen LogP contribution < -0.4 is 10.9 Å². The second-order valence-corrected chi connectivity index (χ2v) is 12.1. The summed E-state index contributed by atoms with van der Waals surface area (Å²) in [6.45, 7) is 12.2. The molecule has 4 aromatic rings. The maximum Gasteiger partial charge on any atom is 0.267 e. The first-order chi connectivity index (χ1) is 17.1. The lowest BCUT2D eigenvalue weighted by molar-refractivity contribution is -0.113. The van der Waals surface area contributed by atoms with Crippen molar-refractivity contribution in [3.63, 3.8) is 0 Å². The molecule has 8 heteroatoms. The Morgan fingerprint density at radius 2 is 1.75 bits per heavy atom. The predicted molar refractivity (Wildman–Crippen MR) is 156 cm³/mol. The molecule has 0 aliphatic carbocycles. The number of aromatic nitrogens is 2. The van der Waals surface area contributed by atoms with Crippen LogP contribution in [0.3, 0.4) is 0 Å². The normalized spacial score (nSPS) is 11.3. The summed E-state index contributed by atoms with van der Waals surface area (Å²) in [6, 6.07) is 9.94. The molecular formula is C28H30BrN3O2S2. The monoisotopic (exact) mass is 583 g/mol. The van der Waals surface area contributed by atoms with E-state index in [4.69, 9.17) is 4.98 Å².